The number of aromatic nitrogens is 5. The van der Waals surface area contributed by atoms with Crippen LogP contribution in [0.25, 0.3) is 16.8 Å². The number of rotatable bonds is 5. The number of hydrogen-bond acceptors (Lipinski definition) is 4. The third-order valence-corrected chi connectivity index (χ3v) is 5.64. The number of benzene rings is 1. The van der Waals surface area contributed by atoms with E-state index in [0.29, 0.717) is 12.1 Å². The standard InChI is InChI=1S/C23H26N6O2/c1-13(11-18-14(2)26-28(5)16(18)4)24-23(31)19-12-20(30)29-22(25-19)21(15(3)27-29)17-9-7-6-8-10-17/h6-10,12-13,27H,11H2,1-5H3,(H,24,31). The minimum atomic E-state index is -0.371. The quantitative estimate of drug-likeness (QED) is 0.521. The van der Waals surface area contributed by atoms with Crippen LogP contribution in [-0.2, 0) is 13.5 Å². The zero-order chi connectivity index (χ0) is 22.3. The zero-order valence-corrected chi connectivity index (χ0v) is 18.4. The molecule has 1 aromatic carbocycles. The lowest BCUT2D eigenvalue weighted by molar-refractivity contribution is 0.0935. The smallest absolute Gasteiger partial charge is 0.273 e. The molecule has 0 fully saturated rings. The van der Waals surface area contributed by atoms with Crippen molar-refractivity contribution in [3.05, 3.63) is 75.1 Å². The van der Waals surface area contributed by atoms with Crippen LogP contribution in [0.15, 0.2) is 41.2 Å². The lowest BCUT2D eigenvalue weighted by Gasteiger charge is -2.14. The predicted octanol–water partition coefficient (Wildman–Crippen LogP) is 2.71. The number of aryl methyl sites for hydroxylation is 3. The van der Waals surface area contributed by atoms with Crippen LogP contribution >= 0.6 is 0 Å². The lowest BCUT2D eigenvalue weighted by atomic mass is 10.1. The fraction of sp³-hybridized carbons (Fsp3) is 0.304. The third-order valence-electron chi connectivity index (χ3n) is 5.64. The minimum Gasteiger partial charge on any atom is -0.348 e. The van der Waals surface area contributed by atoms with Gasteiger partial charge < -0.3 is 5.32 Å². The average molecular weight is 419 g/mol. The monoisotopic (exact) mass is 418 g/mol. The molecule has 0 spiro atoms. The summed E-state index contributed by atoms with van der Waals surface area (Å²) in [5.74, 6) is -0.371. The van der Waals surface area contributed by atoms with Crippen molar-refractivity contribution in [2.45, 2.75) is 40.2 Å². The SMILES string of the molecule is Cc1nn(C)c(C)c1CC(C)NC(=O)c1cc(=O)n2[nH]c(C)c(-c3ccccc3)c2n1. The Labute approximate surface area is 179 Å². The third kappa shape index (κ3) is 3.76. The first kappa shape index (κ1) is 20.6. The number of hydrogen-bond donors (Lipinski definition) is 2. The molecule has 8 heteroatoms. The molecule has 2 N–H and O–H groups in total. The Morgan fingerprint density at radius 2 is 1.90 bits per heavy atom. The summed E-state index contributed by atoms with van der Waals surface area (Å²) in [5.41, 5.74) is 5.91. The van der Waals surface area contributed by atoms with Crippen molar-refractivity contribution in [3.8, 4) is 11.1 Å². The first-order valence-corrected chi connectivity index (χ1v) is 10.2. The summed E-state index contributed by atoms with van der Waals surface area (Å²) in [6, 6.07) is 10.8. The molecule has 1 amide bonds. The highest BCUT2D eigenvalue weighted by molar-refractivity contribution is 5.93. The predicted molar refractivity (Wildman–Crippen MR) is 119 cm³/mol. The maximum Gasteiger partial charge on any atom is 0.273 e. The Morgan fingerprint density at radius 3 is 2.55 bits per heavy atom. The Hall–Kier alpha value is -3.68. The molecule has 0 aliphatic heterocycles. The van der Waals surface area contributed by atoms with Crippen LogP contribution in [0.3, 0.4) is 0 Å². The molecule has 0 saturated heterocycles. The molecule has 4 rings (SSSR count). The summed E-state index contributed by atoms with van der Waals surface area (Å²) in [7, 11) is 1.91. The van der Waals surface area contributed by atoms with Gasteiger partial charge in [0.05, 0.1) is 5.69 Å². The van der Waals surface area contributed by atoms with Gasteiger partial charge in [-0.3, -0.25) is 19.4 Å². The van der Waals surface area contributed by atoms with Crippen LogP contribution in [0.1, 0.15) is 40.1 Å². The fourth-order valence-corrected chi connectivity index (χ4v) is 3.98. The van der Waals surface area contributed by atoms with Gasteiger partial charge in [0.15, 0.2) is 5.65 Å². The van der Waals surface area contributed by atoms with E-state index >= 15 is 0 Å². The Bertz CT molecular complexity index is 1330. The molecule has 0 saturated carbocycles. The van der Waals surface area contributed by atoms with Gasteiger partial charge in [0.25, 0.3) is 11.5 Å². The molecule has 4 aromatic rings. The summed E-state index contributed by atoms with van der Waals surface area (Å²) in [6.45, 7) is 7.80. The number of nitrogens with one attached hydrogen (secondary N) is 2. The average Bonchev–Trinajstić information content (AvgIpc) is 3.19. The number of aromatic amines is 1. The van der Waals surface area contributed by atoms with Gasteiger partial charge in [-0.25, -0.2) is 9.50 Å². The van der Waals surface area contributed by atoms with Crippen LogP contribution in [0.4, 0.5) is 0 Å². The summed E-state index contributed by atoms with van der Waals surface area (Å²) in [6.07, 6.45) is 0.650. The van der Waals surface area contributed by atoms with Crippen molar-refractivity contribution in [1.29, 1.82) is 0 Å². The lowest BCUT2D eigenvalue weighted by Crippen LogP contribution is -2.35. The van der Waals surface area contributed by atoms with Crippen molar-refractivity contribution in [2.75, 3.05) is 0 Å². The van der Waals surface area contributed by atoms with Crippen LogP contribution in [0.2, 0.25) is 0 Å². The minimum absolute atomic E-state index is 0.104. The molecule has 1 atom stereocenters. The van der Waals surface area contributed by atoms with E-state index < -0.39 is 0 Å². The van der Waals surface area contributed by atoms with E-state index in [2.05, 4.69) is 20.5 Å². The van der Waals surface area contributed by atoms with Crippen LogP contribution < -0.4 is 10.9 Å². The summed E-state index contributed by atoms with van der Waals surface area (Å²) >= 11 is 0. The molecule has 8 nitrogen and oxygen atoms in total. The molecular weight excluding hydrogens is 392 g/mol. The molecule has 3 heterocycles. The Kier molecular flexibility index (Phi) is 5.22. The van der Waals surface area contributed by atoms with E-state index in [0.717, 1.165) is 33.8 Å². The van der Waals surface area contributed by atoms with Crippen molar-refractivity contribution in [2.24, 2.45) is 7.05 Å². The largest absolute Gasteiger partial charge is 0.348 e. The Balaban J connectivity index is 1.65. The van der Waals surface area contributed by atoms with Gasteiger partial charge in [0.2, 0.25) is 0 Å². The van der Waals surface area contributed by atoms with E-state index in [1.807, 2.05) is 69.8 Å². The van der Waals surface area contributed by atoms with Crippen LogP contribution in [0, 0.1) is 20.8 Å². The second-order valence-electron chi connectivity index (χ2n) is 7.97. The second-order valence-corrected chi connectivity index (χ2v) is 7.97. The van der Waals surface area contributed by atoms with E-state index in [-0.39, 0.29) is 23.2 Å². The van der Waals surface area contributed by atoms with Gasteiger partial charge in [-0.05, 0) is 45.2 Å². The van der Waals surface area contributed by atoms with Crippen LogP contribution in [-0.4, -0.2) is 36.3 Å². The maximum absolute atomic E-state index is 12.9. The van der Waals surface area contributed by atoms with Crippen LogP contribution in [0.5, 0.6) is 0 Å². The number of nitrogens with zero attached hydrogens (tertiary/aromatic N) is 4. The summed E-state index contributed by atoms with van der Waals surface area (Å²) in [5, 5.41) is 10.4. The van der Waals surface area contributed by atoms with E-state index in [4.69, 9.17) is 0 Å². The van der Waals surface area contributed by atoms with E-state index in [9.17, 15) is 9.59 Å². The number of amides is 1. The molecule has 3 aromatic heterocycles. The summed E-state index contributed by atoms with van der Waals surface area (Å²) < 4.78 is 3.22. The number of carbonyl (C=O) groups excluding carboxylic acids is 1. The van der Waals surface area contributed by atoms with Crippen molar-refractivity contribution < 1.29 is 4.79 Å². The van der Waals surface area contributed by atoms with Crippen molar-refractivity contribution in [1.82, 2.24) is 29.7 Å². The molecule has 0 radical (unpaired) electrons. The van der Waals surface area contributed by atoms with E-state index in [1.54, 1.807) is 0 Å². The normalized spacial score (nSPS) is 12.3. The first-order chi connectivity index (χ1) is 14.8. The highest BCUT2D eigenvalue weighted by Crippen LogP contribution is 2.26. The second kappa shape index (κ2) is 7.86. The highest BCUT2D eigenvalue weighted by Gasteiger charge is 2.20. The van der Waals surface area contributed by atoms with Gasteiger partial charge in [0.1, 0.15) is 5.69 Å². The molecule has 0 bridgehead atoms. The zero-order valence-electron chi connectivity index (χ0n) is 18.4. The topological polar surface area (TPSA) is 97.1 Å². The number of carbonyl (C=O) groups is 1. The Morgan fingerprint density at radius 1 is 1.19 bits per heavy atom. The summed E-state index contributed by atoms with van der Waals surface area (Å²) in [4.78, 5) is 30.1. The van der Waals surface area contributed by atoms with Crippen molar-refractivity contribution >= 4 is 11.6 Å². The highest BCUT2D eigenvalue weighted by atomic mass is 16.2. The molecule has 160 valence electrons. The van der Waals surface area contributed by atoms with Gasteiger partial charge in [-0.2, -0.15) is 5.10 Å². The maximum atomic E-state index is 12.9. The van der Waals surface area contributed by atoms with E-state index in [1.165, 1.54) is 10.6 Å². The number of H-pyrrole nitrogens is 1. The van der Waals surface area contributed by atoms with Gasteiger partial charge in [-0.1, -0.05) is 30.3 Å². The van der Waals surface area contributed by atoms with Gasteiger partial charge in [0, 0.05) is 36.1 Å². The van der Waals surface area contributed by atoms with Gasteiger partial charge >= 0.3 is 0 Å². The van der Waals surface area contributed by atoms with Gasteiger partial charge in [-0.15, -0.1) is 0 Å². The number of fused-ring (bicyclic) bond motifs is 1. The molecule has 31 heavy (non-hydrogen) atoms. The first-order valence-electron chi connectivity index (χ1n) is 10.2. The van der Waals surface area contributed by atoms with Crippen molar-refractivity contribution in [3.63, 3.8) is 0 Å². The molecular formula is C23H26N6O2. The molecule has 0 aliphatic carbocycles. The fourth-order valence-electron chi connectivity index (χ4n) is 3.98. The molecule has 1 unspecified atom stereocenters. The molecule has 0 aliphatic rings.